The second-order valence-electron chi connectivity index (χ2n) is 5.36. The van der Waals surface area contributed by atoms with Crippen LogP contribution < -0.4 is 4.74 Å². The molecule has 0 bridgehead atoms. The molecule has 0 aliphatic heterocycles. The number of methoxy groups -OCH3 is 1. The summed E-state index contributed by atoms with van der Waals surface area (Å²) < 4.78 is 5.42. The molecule has 0 unspecified atom stereocenters. The minimum absolute atomic E-state index is 0.0751. The number of pyridine rings is 1. The summed E-state index contributed by atoms with van der Waals surface area (Å²) in [5.74, 6) is 0.742. The van der Waals surface area contributed by atoms with Gasteiger partial charge in [-0.2, -0.15) is 0 Å². The summed E-state index contributed by atoms with van der Waals surface area (Å²) in [6.45, 7) is 0. The fourth-order valence-corrected chi connectivity index (χ4v) is 2.49. The first kappa shape index (κ1) is 16.4. The Balaban J connectivity index is 1.93. The molecule has 0 saturated heterocycles. The van der Waals surface area contributed by atoms with Gasteiger partial charge in [0.25, 0.3) is 5.69 Å². The van der Waals surface area contributed by atoms with Crippen molar-refractivity contribution in [2.75, 3.05) is 7.11 Å². The second kappa shape index (κ2) is 7.40. The third-order valence-corrected chi connectivity index (χ3v) is 3.71. The summed E-state index contributed by atoms with van der Waals surface area (Å²) in [7, 11) is 1.63. The Hall–Kier alpha value is -3.47. The Bertz CT molecular complexity index is 921. The molecule has 3 rings (SSSR count). The highest BCUT2D eigenvalue weighted by atomic mass is 16.6. The number of nitro groups is 1. The number of rotatable bonds is 5. The lowest BCUT2D eigenvalue weighted by molar-refractivity contribution is -0.384. The van der Waals surface area contributed by atoms with E-state index in [0.29, 0.717) is 0 Å². The maximum absolute atomic E-state index is 10.9. The minimum atomic E-state index is -0.399. The molecule has 124 valence electrons. The van der Waals surface area contributed by atoms with Crippen LogP contribution in [0.3, 0.4) is 0 Å². The Morgan fingerprint density at radius 2 is 1.80 bits per heavy atom. The van der Waals surface area contributed by atoms with Crippen LogP contribution in [0.25, 0.3) is 23.4 Å². The lowest BCUT2D eigenvalue weighted by atomic mass is 10.0. The standard InChI is InChI=1S/C20H16N2O3/c1-25-20-11-10-16(14-18(20)19-7-2-3-12-21-19)9-8-15-5-4-6-17(13-15)22(23)24/h2-14H,1H3/b9-8+. The Labute approximate surface area is 145 Å². The van der Waals surface area contributed by atoms with E-state index in [0.717, 1.165) is 28.1 Å². The van der Waals surface area contributed by atoms with Crippen molar-refractivity contribution in [1.82, 2.24) is 4.98 Å². The van der Waals surface area contributed by atoms with Gasteiger partial charge in [0.2, 0.25) is 0 Å². The van der Waals surface area contributed by atoms with E-state index in [1.807, 2.05) is 54.6 Å². The molecule has 0 N–H and O–H groups in total. The molecular formula is C20H16N2O3. The van der Waals surface area contributed by atoms with Crippen LogP contribution >= 0.6 is 0 Å². The number of nitro benzene ring substituents is 1. The zero-order chi connectivity index (χ0) is 17.6. The molecule has 3 aromatic rings. The van der Waals surface area contributed by atoms with Crippen LogP contribution in [0.4, 0.5) is 5.69 Å². The summed E-state index contributed by atoms with van der Waals surface area (Å²) >= 11 is 0. The molecule has 1 aromatic heterocycles. The smallest absolute Gasteiger partial charge is 0.270 e. The van der Waals surface area contributed by atoms with Gasteiger partial charge < -0.3 is 4.74 Å². The van der Waals surface area contributed by atoms with Gasteiger partial charge in [-0.15, -0.1) is 0 Å². The fraction of sp³-hybridized carbons (Fsp3) is 0.0500. The SMILES string of the molecule is COc1ccc(/C=C/c2cccc([N+](=O)[O-])c2)cc1-c1ccccn1. The highest BCUT2D eigenvalue weighted by Gasteiger charge is 2.07. The predicted octanol–water partition coefficient (Wildman–Crippen LogP) is 4.84. The molecule has 1 heterocycles. The molecule has 2 aromatic carbocycles. The lowest BCUT2D eigenvalue weighted by Crippen LogP contribution is -1.90. The number of hydrogen-bond acceptors (Lipinski definition) is 4. The average molecular weight is 332 g/mol. The van der Waals surface area contributed by atoms with Gasteiger partial charge in [-0.3, -0.25) is 15.1 Å². The molecule has 0 saturated carbocycles. The molecule has 0 radical (unpaired) electrons. The highest BCUT2D eigenvalue weighted by molar-refractivity contribution is 5.76. The third-order valence-electron chi connectivity index (χ3n) is 3.71. The monoisotopic (exact) mass is 332 g/mol. The first-order valence-electron chi connectivity index (χ1n) is 7.69. The lowest BCUT2D eigenvalue weighted by Gasteiger charge is -2.09. The van der Waals surface area contributed by atoms with Crippen molar-refractivity contribution in [3.8, 4) is 17.0 Å². The van der Waals surface area contributed by atoms with Gasteiger partial charge >= 0.3 is 0 Å². The largest absolute Gasteiger partial charge is 0.496 e. The van der Waals surface area contributed by atoms with Gasteiger partial charge in [-0.1, -0.05) is 36.4 Å². The quantitative estimate of drug-likeness (QED) is 0.381. The number of hydrogen-bond donors (Lipinski definition) is 0. The summed E-state index contributed by atoms with van der Waals surface area (Å²) in [6.07, 6.45) is 5.49. The molecule has 0 aliphatic carbocycles. The topological polar surface area (TPSA) is 65.3 Å². The Kier molecular flexibility index (Phi) is 4.85. The van der Waals surface area contributed by atoms with Crippen molar-refractivity contribution < 1.29 is 9.66 Å². The molecule has 0 fully saturated rings. The maximum Gasteiger partial charge on any atom is 0.270 e. The van der Waals surface area contributed by atoms with Gasteiger partial charge in [0.05, 0.1) is 17.7 Å². The zero-order valence-electron chi connectivity index (χ0n) is 13.6. The number of ether oxygens (including phenoxy) is 1. The molecule has 5 heteroatoms. The first-order chi connectivity index (χ1) is 12.2. The molecule has 25 heavy (non-hydrogen) atoms. The molecule has 0 spiro atoms. The second-order valence-corrected chi connectivity index (χ2v) is 5.36. The van der Waals surface area contributed by atoms with Crippen molar-refractivity contribution in [2.45, 2.75) is 0 Å². The Morgan fingerprint density at radius 3 is 2.48 bits per heavy atom. The third kappa shape index (κ3) is 3.90. The van der Waals surface area contributed by atoms with E-state index < -0.39 is 4.92 Å². The minimum Gasteiger partial charge on any atom is -0.496 e. The molecule has 0 atom stereocenters. The highest BCUT2D eigenvalue weighted by Crippen LogP contribution is 2.30. The van der Waals surface area contributed by atoms with Crippen LogP contribution in [0, 0.1) is 10.1 Å². The number of non-ortho nitro benzene ring substituents is 1. The number of aromatic nitrogens is 1. The molecule has 5 nitrogen and oxygen atoms in total. The van der Waals surface area contributed by atoms with Crippen LogP contribution in [0.5, 0.6) is 5.75 Å². The van der Waals surface area contributed by atoms with Crippen LogP contribution in [0.1, 0.15) is 11.1 Å². The van der Waals surface area contributed by atoms with Gasteiger partial charge in [-0.25, -0.2) is 0 Å². The fourth-order valence-electron chi connectivity index (χ4n) is 2.49. The molecule has 0 aliphatic rings. The van der Waals surface area contributed by atoms with Crippen LogP contribution in [-0.4, -0.2) is 17.0 Å². The van der Waals surface area contributed by atoms with E-state index in [4.69, 9.17) is 4.74 Å². The van der Waals surface area contributed by atoms with Gasteiger partial charge in [0.15, 0.2) is 0 Å². The average Bonchev–Trinajstić information content (AvgIpc) is 2.67. The van der Waals surface area contributed by atoms with E-state index >= 15 is 0 Å². The van der Waals surface area contributed by atoms with E-state index in [-0.39, 0.29) is 5.69 Å². The molecule has 0 amide bonds. The van der Waals surface area contributed by atoms with Crippen molar-refractivity contribution >= 4 is 17.8 Å². The summed E-state index contributed by atoms with van der Waals surface area (Å²) in [5, 5.41) is 10.9. The van der Waals surface area contributed by atoms with E-state index in [1.165, 1.54) is 6.07 Å². The molecular weight excluding hydrogens is 316 g/mol. The van der Waals surface area contributed by atoms with Gasteiger partial charge in [0, 0.05) is 23.9 Å². The van der Waals surface area contributed by atoms with Crippen LogP contribution in [-0.2, 0) is 0 Å². The van der Waals surface area contributed by atoms with Crippen molar-refractivity contribution in [3.63, 3.8) is 0 Å². The van der Waals surface area contributed by atoms with Gasteiger partial charge in [0.1, 0.15) is 5.75 Å². The normalized spacial score (nSPS) is 10.8. The van der Waals surface area contributed by atoms with Crippen LogP contribution in [0.15, 0.2) is 66.9 Å². The van der Waals surface area contributed by atoms with Crippen molar-refractivity contribution in [1.29, 1.82) is 0 Å². The first-order valence-corrected chi connectivity index (χ1v) is 7.69. The number of nitrogens with zero attached hydrogens (tertiary/aromatic N) is 2. The predicted molar refractivity (Wildman–Crippen MR) is 98.2 cm³/mol. The van der Waals surface area contributed by atoms with Crippen LogP contribution in [0.2, 0.25) is 0 Å². The zero-order valence-corrected chi connectivity index (χ0v) is 13.6. The van der Waals surface area contributed by atoms with E-state index in [2.05, 4.69) is 4.98 Å². The summed E-state index contributed by atoms with van der Waals surface area (Å²) in [5.41, 5.74) is 3.51. The van der Waals surface area contributed by atoms with E-state index in [9.17, 15) is 10.1 Å². The van der Waals surface area contributed by atoms with Crippen molar-refractivity contribution in [2.24, 2.45) is 0 Å². The van der Waals surface area contributed by atoms with Gasteiger partial charge in [-0.05, 0) is 35.4 Å². The maximum atomic E-state index is 10.9. The number of benzene rings is 2. The summed E-state index contributed by atoms with van der Waals surface area (Å²) in [6, 6.07) is 18.0. The van der Waals surface area contributed by atoms with Crippen molar-refractivity contribution in [3.05, 3.63) is 88.1 Å². The van der Waals surface area contributed by atoms with E-state index in [1.54, 1.807) is 25.4 Å². The Morgan fingerprint density at radius 1 is 1.00 bits per heavy atom. The summed E-state index contributed by atoms with van der Waals surface area (Å²) in [4.78, 5) is 14.8.